The normalized spacial score (nSPS) is 14.3. The van der Waals surface area contributed by atoms with E-state index in [-0.39, 0.29) is 27.2 Å². The molecule has 0 atom stereocenters. The molecule has 0 bridgehead atoms. The summed E-state index contributed by atoms with van der Waals surface area (Å²) in [4.78, 5) is 26.4. The highest BCUT2D eigenvalue weighted by Gasteiger charge is 2.20. The molecule has 36 heavy (non-hydrogen) atoms. The van der Waals surface area contributed by atoms with Crippen molar-refractivity contribution in [2.24, 2.45) is 11.0 Å². The first-order chi connectivity index (χ1) is 17.2. The van der Waals surface area contributed by atoms with Gasteiger partial charge >= 0.3 is 0 Å². The molecule has 12 heteroatoms. The van der Waals surface area contributed by atoms with Gasteiger partial charge in [0.05, 0.1) is 21.2 Å². The Morgan fingerprint density at radius 3 is 2.58 bits per heavy atom. The van der Waals surface area contributed by atoms with Gasteiger partial charge in [0.15, 0.2) is 0 Å². The van der Waals surface area contributed by atoms with Crippen LogP contribution < -0.4 is 15.6 Å². The van der Waals surface area contributed by atoms with Crippen molar-refractivity contribution in [1.29, 1.82) is 0 Å². The topological polar surface area (TPSA) is 121 Å². The third-order valence-corrected chi connectivity index (χ3v) is 6.98. The van der Waals surface area contributed by atoms with E-state index in [0.717, 1.165) is 42.7 Å². The van der Waals surface area contributed by atoms with E-state index in [2.05, 4.69) is 42.6 Å². The lowest BCUT2D eigenvalue weighted by atomic mass is 10.00. The molecule has 1 fully saturated rings. The molecule has 2 heterocycles. The van der Waals surface area contributed by atoms with Crippen molar-refractivity contribution < 1.29 is 4.92 Å². The second-order valence-electron chi connectivity index (χ2n) is 8.78. The molecule has 1 saturated heterocycles. The molecule has 0 amide bonds. The number of anilines is 4. The molecule has 10 nitrogen and oxygen atoms in total. The number of halogens is 2. The van der Waals surface area contributed by atoms with E-state index in [0.29, 0.717) is 17.8 Å². The number of hydrogen-bond acceptors (Lipinski definition) is 9. The van der Waals surface area contributed by atoms with Crippen LogP contribution in [0.4, 0.5) is 29.2 Å². The van der Waals surface area contributed by atoms with Crippen molar-refractivity contribution in [3.05, 3.63) is 67.2 Å². The second-order valence-corrected chi connectivity index (χ2v) is 9.57. The van der Waals surface area contributed by atoms with Gasteiger partial charge in [0.25, 0.3) is 5.69 Å². The molecule has 1 aliphatic rings. The molecule has 0 unspecified atom stereocenters. The molecule has 1 aliphatic heterocycles. The van der Waals surface area contributed by atoms with E-state index in [1.54, 1.807) is 0 Å². The van der Waals surface area contributed by atoms with Gasteiger partial charge in [-0.1, -0.05) is 42.3 Å². The minimum atomic E-state index is -0.546. The molecule has 0 spiro atoms. The zero-order chi connectivity index (χ0) is 25.8. The van der Waals surface area contributed by atoms with Gasteiger partial charge in [-0.15, -0.1) is 0 Å². The summed E-state index contributed by atoms with van der Waals surface area (Å²) in [5.41, 5.74) is 6.04. The van der Waals surface area contributed by atoms with Gasteiger partial charge in [0, 0.05) is 36.5 Å². The van der Waals surface area contributed by atoms with E-state index in [4.69, 9.17) is 23.2 Å². The Labute approximate surface area is 218 Å². The number of piperidine rings is 1. The van der Waals surface area contributed by atoms with Crippen molar-refractivity contribution in [2.45, 2.75) is 33.6 Å². The molecular weight excluding hydrogens is 503 g/mol. The van der Waals surface area contributed by atoms with E-state index >= 15 is 0 Å². The van der Waals surface area contributed by atoms with Gasteiger partial charge in [-0.05, 0) is 49.8 Å². The van der Waals surface area contributed by atoms with E-state index < -0.39 is 4.92 Å². The first-order valence-corrected chi connectivity index (χ1v) is 12.2. The molecule has 0 saturated carbocycles. The fourth-order valence-electron chi connectivity index (χ4n) is 3.78. The van der Waals surface area contributed by atoms with Crippen LogP contribution in [0.2, 0.25) is 10.0 Å². The Morgan fingerprint density at radius 2 is 1.86 bits per heavy atom. The molecule has 3 aromatic rings. The van der Waals surface area contributed by atoms with Gasteiger partial charge < -0.3 is 10.2 Å². The van der Waals surface area contributed by atoms with Gasteiger partial charge in [0.1, 0.15) is 0 Å². The fraction of sp³-hybridized carbons (Fsp3) is 0.333. The summed E-state index contributed by atoms with van der Waals surface area (Å²) in [5, 5.41) is 18.8. The Balaban J connectivity index is 1.63. The molecular formula is C24H26Cl2N8O2. The number of hydrazone groups is 1. The lowest BCUT2D eigenvalue weighted by molar-refractivity contribution is -0.384. The summed E-state index contributed by atoms with van der Waals surface area (Å²) in [6.45, 7) is 8.01. The molecule has 1 aromatic heterocycles. The molecule has 2 N–H and O–H groups in total. The van der Waals surface area contributed by atoms with Crippen molar-refractivity contribution in [3.8, 4) is 0 Å². The standard InChI is InChI=1S/C24H26Cl2N8O2/c1-14-7-9-33(10-8-14)24-30-22(28-20-6-4-5-15(2)16(20)3)29-23(31-24)32-27-13-17-11-18(34(35)36)12-19(25)21(17)26/h4-6,11-14H,7-10H2,1-3H3,(H2,28,29,30,31,32)/b27-13-. The Hall–Kier alpha value is -3.50. The number of nitrogens with zero attached hydrogens (tertiary/aromatic N) is 6. The largest absolute Gasteiger partial charge is 0.341 e. The molecule has 4 rings (SSSR count). The Bertz CT molecular complexity index is 1310. The van der Waals surface area contributed by atoms with Crippen LogP contribution in [0.15, 0.2) is 35.4 Å². The van der Waals surface area contributed by atoms with Crippen molar-refractivity contribution in [2.75, 3.05) is 28.7 Å². The van der Waals surface area contributed by atoms with Crippen LogP contribution >= 0.6 is 23.2 Å². The lowest BCUT2D eigenvalue weighted by Crippen LogP contribution is -2.34. The summed E-state index contributed by atoms with van der Waals surface area (Å²) in [6.07, 6.45) is 3.45. The summed E-state index contributed by atoms with van der Waals surface area (Å²) in [6, 6.07) is 8.46. The zero-order valence-corrected chi connectivity index (χ0v) is 21.6. The minimum absolute atomic E-state index is 0.0640. The number of rotatable bonds is 7. The smallest absolute Gasteiger partial charge is 0.271 e. The maximum absolute atomic E-state index is 11.2. The van der Waals surface area contributed by atoms with Gasteiger partial charge in [0.2, 0.25) is 17.8 Å². The lowest BCUT2D eigenvalue weighted by Gasteiger charge is -2.30. The third-order valence-electron chi connectivity index (χ3n) is 6.16. The van der Waals surface area contributed by atoms with Crippen LogP contribution in [-0.4, -0.2) is 39.2 Å². The number of aryl methyl sites for hydroxylation is 1. The minimum Gasteiger partial charge on any atom is -0.341 e. The van der Waals surface area contributed by atoms with Crippen LogP contribution in [0.1, 0.15) is 36.5 Å². The van der Waals surface area contributed by atoms with Crippen molar-refractivity contribution in [3.63, 3.8) is 0 Å². The molecule has 0 radical (unpaired) electrons. The van der Waals surface area contributed by atoms with Gasteiger partial charge in [-0.2, -0.15) is 20.1 Å². The van der Waals surface area contributed by atoms with Crippen LogP contribution in [0.3, 0.4) is 0 Å². The number of nitro benzene ring substituents is 1. The predicted octanol–water partition coefficient (Wildman–Crippen LogP) is 6.13. The van der Waals surface area contributed by atoms with Crippen molar-refractivity contribution in [1.82, 2.24) is 15.0 Å². The number of non-ortho nitro benzene ring substituents is 1. The van der Waals surface area contributed by atoms with Gasteiger partial charge in [-0.25, -0.2) is 5.43 Å². The molecule has 188 valence electrons. The third kappa shape index (κ3) is 6.00. The van der Waals surface area contributed by atoms with E-state index in [1.165, 1.54) is 18.3 Å². The highest BCUT2D eigenvalue weighted by molar-refractivity contribution is 6.43. The maximum Gasteiger partial charge on any atom is 0.271 e. The maximum atomic E-state index is 11.2. The van der Waals surface area contributed by atoms with E-state index in [9.17, 15) is 10.1 Å². The molecule has 2 aromatic carbocycles. The number of benzene rings is 2. The first-order valence-electron chi connectivity index (χ1n) is 11.5. The quantitative estimate of drug-likeness (QED) is 0.213. The molecule has 0 aliphatic carbocycles. The van der Waals surface area contributed by atoms with Crippen molar-refractivity contribution >= 4 is 58.6 Å². The van der Waals surface area contributed by atoms with Crippen LogP contribution in [0, 0.1) is 29.9 Å². The Kier molecular flexibility index (Phi) is 7.85. The second kappa shape index (κ2) is 11.0. The summed E-state index contributed by atoms with van der Waals surface area (Å²) in [5.74, 6) is 1.79. The fourth-order valence-corrected chi connectivity index (χ4v) is 4.16. The number of nitro groups is 1. The zero-order valence-electron chi connectivity index (χ0n) is 20.1. The average molecular weight is 529 g/mol. The van der Waals surface area contributed by atoms with Crippen LogP contribution in [0.5, 0.6) is 0 Å². The SMILES string of the molecule is Cc1cccc(Nc2nc(N/N=C\c3cc([N+](=O)[O-])cc(Cl)c3Cl)nc(N3CCC(C)CC3)n2)c1C. The predicted molar refractivity (Wildman–Crippen MR) is 144 cm³/mol. The highest BCUT2D eigenvalue weighted by atomic mass is 35.5. The Morgan fingerprint density at radius 1 is 1.14 bits per heavy atom. The highest BCUT2D eigenvalue weighted by Crippen LogP contribution is 2.30. The summed E-state index contributed by atoms with van der Waals surface area (Å²) < 4.78 is 0. The number of nitrogens with one attached hydrogen (secondary N) is 2. The monoisotopic (exact) mass is 528 g/mol. The number of aromatic nitrogens is 3. The summed E-state index contributed by atoms with van der Waals surface area (Å²) in [7, 11) is 0. The van der Waals surface area contributed by atoms with Crippen LogP contribution in [-0.2, 0) is 0 Å². The van der Waals surface area contributed by atoms with Gasteiger partial charge in [-0.3, -0.25) is 10.1 Å². The first kappa shape index (κ1) is 25.6. The van der Waals surface area contributed by atoms with E-state index in [1.807, 2.05) is 32.0 Å². The summed E-state index contributed by atoms with van der Waals surface area (Å²) >= 11 is 12.2. The van der Waals surface area contributed by atoms with Crippen LogP contribution in [0.25, 0.3) is 0 Å². The average Bonchev–Trinajstić information content (AvgIpc) is 2.84. The number of hydrogen-bond donors (Lipinski definition) is 2.